The third kappa shape index (κ3) is 2.93. The number of aromatic nitrogens is 1. The van der Waals surface area contributed by atoms with Gasteiger partial charge in [0.2, 0.25) is 0 Å². The second-order valence-electron chi connectivity index (χ2n) is 8.77. The molecule has 2 aromatic rings. The van der Waals surface area contributed by atoms with Crippen LogP contribution >= 0.6 is 0 Å². The molecule has 1 saturated carbocycles. The second-order valence-corrected chi connectivity index (χ2v) is 8.77. The number of rotatable bonds is 4. The molecular weight excluding hydrogens is 391 g/mol. The number of nitrogens with zero attached hydrogens (tertiary/aromatic N) is 2. The maximum absolute atomic E-state index is 15.3. The van der Waals surface area contributed by atoms with E-state index in [1.165, 1.54) is 10.5 Å². The lowest BCUT2D eigenvalue weighted by atomic mass is 9.89. The summed E-state index contributed by atoms with van der Waals surface area (Å²) in [5.74, 6) is -2.11. The van der Waals surface area contributed by atoms with Crippen molar-refractivity contribution >= 4 is 17.2 Å². The van der Waals surface area contributed by atoms with Crippen LogP contribution in [-0.4, -0.2) is 41.1 Å². The standard InChI is InChI=1S/C22H25FN2O5/c1-12-18-15(13-5-6-13)8-16(21(27)28)20(26)25(18)10-17(23)19(12)24-7-3-4-14(9-24)22(2)29-11-30-22/h8,10,13-14H,3-7,9,11H2,1-2H3,(H,27,28). The lowest BCUT2D eigenvalue weighted by Crippen LogP contribution is -2.55. The molecule has 7 nitrogen and oxygen atoms in total. The molecule has 1 N–H and O–H groups in total. The van der Waals surface area contributed by atoms with Gasteiger partial charge in [-0.15, -0.1) is 0 Å². The van der Waals surface area contributed by atoms with E-state index in [0.29, 0.717) is 29.9 Å². The number of aryl methyl sites for hydroxylation is 1. The first kappa shape index (κ1) is 19.5. The number of halogens is 1. The number of carboxylic acids is 1. The summed E-state index contributed by atoms with van der Waals surface area (Å²) in [7, 11) is 0. The van der Waals surface area contributed by atoms with E-state index >= 15 is 4.39 Å². The fourth-order valence-corrected chi connectivity index (χ4v) is 4.98. The van der Waals surface area contributed by atoms with Crippen LogP contribution in [0.3, 0.4) is 0 Å². The van der Waals surface area contributed by atoms with Gasteiger partial charge in [0.05, 0.1) is 17.4 Å². The molecule has 0 radical (unpaired) electrons. The van der Waals surface area contributed by atoms with Crippen LogP contribution in [0.5, 0.6) is 0 Å². The van der Waals surface area contributed by atoms with E-state index in [0.717, 1.165) is 37.4 Å². The lowest BCUT2D eigenvalue weighted by molar-refractivity contribution is -0.409. The van der Waals surface area contributed by atoms with Crippen LogP contribution in [0.4, 0.5) is 10.1 Å². The summed E-state index contributed by atoms with van der Waals surface area (Å²) in [4.78, 5) is 26.3. The Bertz CT molecular complexity index is 1100. The van der Waals surface area contributed by atoms with Gasteiger partial charge in [0.25, 0.3) is 5.56 Å². The number of piperidine rings is 1. The highest BCUT2D eigenvalue weighted by Crippen LogP contribution is 2.44. The zero-order valence-electron chi connectivity index (χ0n) is 17.1. The molecule has 1 aliphatic carbocycles. The maximum Gasteiger partial charge on any atom is 0.341 e. The first-order chi connectivity index (χ1) is 14.3. The third-order valence-electron chi connectivity index (χ3n) is 6.86. The number of hydrogen-bond donors (Lipinski definition) is 1. The Balaban J connectivity index is 1.65. The van der Waals surface area contributed by atoms with Gasteiger partial charge in [-0.25, -0.2) is 9.18 Å². The molecule has 3 fully saturated rings. The second kappa shape index (κ2) is 6.78. The average Bonchev–Trinajstić information content (AvgIpc) is 3.52. The van der Waals surface area contributed by atoms with Gasteiger partial charge in [-0.1, -0.05) is 0 Å². The van der Waals surface area contributed by atoms with E-state index in [1.54, 1.807) is 0 Å². The molecule has 2 aliphatic heterocycles. The first-order valence-electron chi connectivity index (χ1n) is 10.4. The largest absolute Gasteiger partial charge is 0.477 e. The molecule has 4 heterocycles. The Morgan fingerprint density at radius 3 is 2.63 bits per heavy atom. The molecule has 30 heavy (non-hydrogen) atoms. The summed E-state index contributed by atoms with van der Waals surface area (Å²) >= 11 is 0. The van der Waals surface area contributed by atoms with Gasteiger partial charge < -0.3 is 19.5 Å². The van der Waals surface area contributed by atoms with Crippen LogP contribution in [0.15, 0.2) is 17.1 Å². The molecule has 2 aromatic heterocycles. The van der Waals surface area contributed by atoms with Crippen LogP contribution in [-0.2, 0) is 9.47 Å². The molecule has 1 unspecified atom stereocenters. The van der Waals surface area contributed by atoms with Crippen molar-refractivity contribution in [3.05, 3.63) is 45.1 Å². The fourth-order valence-electron chi connectivity index (χ4n) is 4.98. The summed E-state index contributed by atoms with van der Waals surface area (Å²) in [6.07, 6.45) is 4.86. The number of pyridine rings is 2. The Labute approximate surface area is 173 Å². The number of carbonyl (C=O) groups is 1. The van der Waals surface area contributed by atoms with Crippen LogP contribution in [0.25, 0.3) is 5.52 Å². The Morgan fingerprint density at radius 1 is 1.30 bits per heavy atom. The minimum absolute atomic E-state index is 0.120. The molecule has 160 valence electrons. The highest BCUT2D eigenvalue weighted by Gasteiger charge is 2.45. The maximum atomic E-state index is 15.3. The van der Waals surface area contributed by atoms with Crippen LogP contribution in [0.1, 0.15) is 60.0 Å². The number of carboxylic acid groups (broad SMARTS) is 1. The molecule has 8 heteroatoms. The summed E-state index contributed by atoms with van der Waals surface area (Å²) in [5.41, 5.74) is 1.59. The Morgan fingerprint density at radius 2 is 2.03 bits per heavy atom. The van der Waals surface area contributed by atoms with Gasteiger partial charge in [0, 0.05) is 19.0 Å². The van der Waals surface area contributed by atoms with Gasteiger partial charge in [-0.3, -0.25) is 9.20 Å². The number of anilines is 1. The molecule has 0 amide bonds. The van der Waals surface area contributed by atoms with Crippen molar-refractivity contribution in [2.75, 3.05) is 24.8 Å². The topological polar surface area (TPSA) is 80.5 Å². The highest BCUT2D eigenvalue weighted by atomic mass is 19.1. The van der Waals surface area contributed by atoms with Crippen molar-refractivity contribution in [3.8, 4) is 0 Å². The highest BCUT2D eigenvalue weighted by molar-refractivity contribution is 5.89. The molecule has 2 saturated heterocycles. The monoisotopic (exact) mass is 416 g/mol. The van der Waals surface area contributed by atoms with E-state index in [4.69, 9.17) is 9.47 Å². The van der Waals surface area contributed by atoms with Crippen molar-refractivity contribution < 1.29 is 23.8 Å². The summed E-state index contributed by atoms with van der Waals surface area (Å²) in [6, 6.07) is 1.49. The number of aromatic carboxylic acids is 1. The Hall–Kier alpha value is -2.45. The van der Waals surface area contributed by atoms with E-state index in [1.807, 2.05) is 18.7 Å². The van der Waals surface area contributed by atoms with Crippen LogP contribution in [0.2, 0.25) is 0 Å². The summed E-state index contributed by atoms with van der Waals surface area (Å²) in [6.45, 7) is 5.33. The van der Waals surface area contributed by atoms with Crippen molar-refractivity contribution in [1.82, 2.24) is 4.40 Å². The summed E-state index contributed by atoms with van der Waals surface area (Å²) < 4.78 is 27.8. The van der Waals surface area contributed by atoms with E-state index in [2.05, 4.69) is 0 Å². The van der Waals surface area contributed by atoms with Crippen LogP contribution in [0, 0.1) is 18.7 Å². The molecule has 3 aliphatic rings. The summed E-state index contributed by atoms with van der Waals surface area (Å²) in [5, 5.41) is 9.44. The van der Waals surface area contributed by atoms with Gasteiger partial charge in [-0.2, -0.15) is 0 Å². The molecule has 1 atom stereocenters. The van der Waals surface area contributed by atoms with Crippen molar-refractivity contribution in [2.24, 2.45) is 5.92 Å². The van der Waals surface area contributed by atoms with Crippen molar-refractivity contribution in [2.45, 2.75) is 51.2 Å². The van der Waals surface area contributed by atoms with E-state index in [9.17, 15) is 14.7 Å². The van der Waals surface area contributed by atoms with E-state index in [-0.39, 0.29) is 24.2 Å². The van der Waals surface area contributed by atoms with E-state index < -0.39 is 23.1 Å². The zero-order chi connectivity index (χ0) is 21.2. The SMILES string of the molecule is Cc1c(N2CCCC(C3(C)OCO3)C2)c(F)cn2c(=O)c(C(=O)O)cc(C3CC3)c12. The predicted octanol–water partition coefficient (Wildman–Crippen LogP) is 3.26. The smallest absolute Gasteiger partial charge is 0.341 e. The quantitative estimate of drug-likeness (QED) is 0.824. The molecule has 5 rings (SSSR count). The molecule has 0 spiro atoms. The predicted molar refractivity (Wildman–Crippen MR) is 108 cm³/mol. The lowest BCUT2D eigenvalue weighted by Gasteiger charge is -2.48. The molecular formula is C22H25FN2O5. The molecule has 0 bridgehead atoms. The number of ether oxygens (including phenoxy) is 2. The van der Waals surface area contributed by atoms with Gasteiger partial charge in [0.1, 0.15) is 5.56 Å². The third-order valence-corrected chi connectivity index (χ3v) is 6.86. The fraction of sp³-hybridized carbons (Fsp3) is 0.545. The van der Waals surface area contributed by atoms with Crippen molar-refractivity contribution in [1.29, 1.82) is 0 Å². The minimum Gasteiger partial charge on any atom is -0.477 e. The first-order valence-corrected chi connectivity index (χ1v) is 10.4. The Kier molecular flexibility index (Phi) is 4.41. The van der Waals surface area contributed by atoms with Gasteiger partial charge in [-0.05, 0) is 62.6 Å². The number of hydrogen-bond acceptors (Lipinski definition) is 5. The van der Waals surface area contributed by atoms with Gasteiger partial charge >= 0.3 is 5.97 Å². The molecule has 0 aromatic carbocycles. The number of fused-ring (bicyclic) bond motifs is 1. The zero-order valence-corrected chi connectivity index (χ0v) is 17.1. The van der Waals surface area contributed by atoms with Crippen molar-refractivity contribution in [3.63, 3.8) is 0 Å². The normalized spacial score (nSPS) is 23.4. The van der Waals surface area contributed by atoms with Gasteiger partial charge in [0.15, 0.2) is 18.4 Å². The van der Waals surface area contributed by atoms with Crippen LogP contribution < -0.4 is 10.5 Å². The minimum atomic E-state index is -1.29. The average molecular weight is 416 g/mol.